The summed E-state index contributed by atoms with van der Waals surface area (Å²) in [4.78, 5) is 17.3. The quantitative estimate of drug-likeness (QED) is 0.784. The normalized spacial score (nSPS) is 24.3. The molecule has 0 bridgehead atoms. The fourth-order valence-corrected chi connectivity index (χ4v) is 5.40. The third-order valence-electron chi connectivity index (χ3n) is 7.30. The van der Waals surface area contributed by atoms with E-state index in [4.69, 9.17) is 0 Å². The Balaban J connectivity index is 1.33. The predicted molar refractivity (Wildman–Crippen MR) is 111 cm³/mol. The van der Waals surface area contributed by atoms with E-state index in [0.717, 1.165) is 57.8 Å². The summed E-state index contributed by atoms with van der Waals surface area (Å²) in [6, 6.07) is 10.7. The Hall–Kier alpha value is -2.21. The molecule has 2 aromatic rings. The molecule has 3 heterocycles. The molecular formula is C23H31N5O. The van der Waals surface area contributed by atoms with Crippen molar-refractivity contribution in [1.29, 1.82) is 0 Å². The van der Waals surface area contributed by atoms with Crippen molar-refractivity contribution >= 4 is 5.91 Å². The van der Waals surface area contributed by atoms with E-state index < -0.39 is 0 Å². The summed E-state index contributed by atoms with van der Waals surface area (Å²) in [5.74, 6) is 2.51. The number of rotatable bonds is 5. The van der Waals surface area contributed by atoms with Gasteiger partial charge in [-0.15, -0.1) is 10.2 Å². The van der Waals surface area contributed by atoms with Gasteiger partial charge in [0.05, 0.1) is 0 Å². The molecule has 2 saturated heterocycles. The van der Waals surface area contributed by atoms with Gasteiger partial charge in [-0.05, 0) is 42.6 Å². The van der Waals surface area contributed by atoms with Crippen LogP contribution in [-0.4, -0.2) is 56.7 Å². The second kappa shape index (κ2) is 7.56. The Labute approximate surface area is 172 Å². The number of likely N-dealkylation sites (tertiary alicyclic amines) is 2. The van der Waals surface area contributed by atoms with Gasteiger partial charge in [0, 0.05) is 52.1 Å². The Morgan fingerprint density at radius 3 is 2.59 bits per heavy atom. The van der Waals surface area contributed by atoms with Crippen molar-refractivity contribution in [1.82, 2.24) is 24.6 Å². The van der Waals surface area contributed by atoms with E-state index in [1.54, 1.807) is 0 Å². The zero-order valence-corrected chi connectivity index (χ0v) is 17.3. The Bertz CT molecular complexity index is 851. The predicted octanol–water partition coefficient (Wildman–Crippen LogP) is 2.82. The van der Waals surface area contributed by atoms with Crippen LogP contribution < -0.4 is 0 Å². The summed E-state index contributed by atoms with van der Waals surface area (Å²) in [5.41, 5.74) is 1.55. The highest BCUT2D eigenvalue weighted by atomic mass is 16.2. The fraction of sp³-hybridized carbons (Fsp3) is 0.609. The maximum atomic E-state index is 12.6. The largest absolute Gasteiger partial charge is 0.343 e. The van der Waals surface area contributed by atoms with Crippen molar-refractivity contribution in [3.63, 3.8) is 0 Å². The molecule has 1 saturated carbocycles. The molecule has 6 nitrogen and oxygen atoms in total. The highest BCUT2D eigenvalue weighted by Crippen LogP contribution is 2.49. The van der Waals surface area contributed by atoms with Gasteiger partial charge in [-0.3, -0.25) is 9.69 Å². The van der Waals surface area contributed by atoms with Crippen molar-refractivity contribution < 1.29 is 4.79 Å². The molecule has 5 rings (SSSR count). The van der Waals surface area contributed by atoms with Crippen LogP contribution in [0.1, 0.15) is 49.4 Å². The standard InChI is InChI=1S/C23H31N5O/c1-26-17-24-25-22(26)20-15-27(14-19-5-3-2-4-6-19)16-23(20)9-11-28(12-10-23)21(29)13-18-7-8-18/h2-6,17-18,20H,7-16H2,1H3. The van der Waals surface area contributed by atoms with E-state index in [2.05, 4.69) is 61.9 Å². The molecule has 1 aliphatic carbocycles. The topological polar surface area (TPSA) is 54.3 Å². The van der Waals surface area contributed by atoms with Crippen molar-refractivity contribution in [2.75, 3.05) is 26.2 Å². The van der Waals surface area contributed by atoms with Gasteiger partial charge < -0.3 is 9.47 Å². The molecule has 3 fully saturated rings. The fourth-order valence-electron chi connectivity index (χ4n) is 5.40. The molecule has 2 aliphatic heterocycles. The summed E-state index contributed by atoms with van der Waals surface area (Å²) in [5, 5.41) is 8.66. The number of hydrogen-bond acceptors (Lipinski definition) is 4. The van der Waals surface area contributed by atoms with Crippen molar-refractivity contribution in [3.8, 4) is 0 Å². The Morgan fingerprint density at radius 2 is 1.93 bits per heavy atom. The molecule has 1 aromatic heterocycles. The first-order chi connectivity index (χ1) is 14.1. The molecule has 1 spiro atoms. The minimum Gasteiger partial charge on any atom is -0.343 e. The third-order valence-corrected chi connectivity index (χ3v) is 7.30. The zero-order valence-electron chi connectivity index (χ0n) is 17.3. The van der Waals surface area contributed by atoms with Crippen molar-refractivity contribution in [2.24, 2.45) is 18.4 Å². The number of piperidine rings is 1. The highest BCUT2D eigenvalue weighted by Gasteiger charge is 2.50. The molecule has 1 unspecified atom stereocenters. The molecule has 3 aliphatic rings. The molecule has 1 aromatic carbocycles. The van der Waals surface area contributed by atoms with Gasteiger partial charge in [0.2, 0.25) is 5.91 Å². The summed E-state index contributed by atoms with van der Waals surface area (Å²) in [6.07, 6.45) is 7.19. The van der Waals surface area contributed by atoms with Crippen LogP contribution >= 0.6 is 0 Å². The Kier molecular flexibility index (Phi) is 4.90. The molecule has 0 N–H and O–H groups in total. The van der Waals surface area contributed by atoms with Crippen molar-refractivity contribution in [3.05, 3.63) is 48.0 Å². The second-order valence-electron chi connectivity index (χ2n) is 9.40. The maximum absolute atomic E-state index is 12.6. The average molecular weight is 394 g/mol. The monoisotopic (exact) mass is 393 g/mol. The van der Waals surface area contributed by atoms with Gasteiger partial charge in [0.25, 0.3) is 0 Å². The maximum Gasteiger partial charge on any atom is 0.222 e. The lowest BCUT2D eigenvalue weighted by Gasteiger charge is -2.42. The van der Waals surface area contributed by atoms with Gasteiger partial charge in [-0.2, -0.15) is 0 Å². The molecule has 0 radical (unpaired) electrons. The molecule has 29 heavy (non-hydrogen) atoms. The summed E-state index contributed by atoms with van der Waals surface area (Å²) in [6.45, 7) is 4.83. The smallest absolute Gasteiger partial charge is 0.222 e. The first kappa shape index (κ1) is 18.8. The van der Waals surface area contributed by atoms with E-state index >= 15 is 0 Å². The van der Waals surface area contributed by atoms with Crippen LogP contribution in [-0.2, 0) is 18.4 Å². The van der Waals surface area contributed by atoms with Crippen molar-refractivity contribution in [2.45, 2.75) is 44.6 Å². The second-order valence-corrected chi connectivity index (χ2v) is 9.40. The van der Waals surface area contributed by atoms with Crippen LogP contribution in [0.3, 0.4) is 0 Å². The first-order valence-electron chi connectivity index (χ1n) is 11.0. The lowest BCUT2D eigenvalue weighted by molar-refractivity contribution is -0.134. The summed E-state index contributed by atoms with van der Waals surface area (Å²) < 4.78 is 2.09. The van der Waals surface area contributed by atoms with E-state index in [9.17, 15) is 4.79 Å². The van der Waals surface area contributed by atoms with Crippen LogP contribution in [0.15, 0.2) is 36.7 Å². The van der Waals surface area contributed by atoms with Gasteiger partial charge in [0.15, 0.2) is 0 Å². The number of hydrogen-bond donors (Lipinski definition) is 0. The van der Waals surface area contributed by atoms with E-state index in [1.807, 2.05) is 6.33 Å². The zero-order chi connectivity index (χ0) is 19.8. The number of benzene rings is 1. The number of amides is 1. The van der Waals surface area contributed by atoms with Gasteiger partial charge >= 0.3 is 0 Å². The number of carbonyl (C=O) groups is 1. The van der Waals surface area contributed by atoms with Gasteiger partial charge in [0.1, 0.15) is 12.2 Å². The number of carbonyl (C=O) groups excluding carboxylic acids is 1. The SMILES string of the molecule is Cn1cnnc1C1CN(Cc2ccccc2)CC12CCN(C(=O)CC1CC1)CC2. The highest BCUT2D eigenvalue weighted by molar-refractivity contribution is 5.76. The Morgan fingerprint density at radius 1 is 1.17 bits per heavy atom. The summed E-state index contributed by atoms with van der Waals surface area (Å²) >= 11 is 0. The van der Waals surface area contributed by atoms with E-state index in [1.165, 1.54) is 18.4 Å². The number of nitrogens with zero attached hydrogens (tertiary/aromatic N) is 5. The third kappa shape index (κ3) is 3.82. The molecule has 1 amide bonds. The lowest BCUT2D eigenvalue weighted by Crippen LogP contribution is -2.46. The van der Waals surface area contributed by atoms with E-state index in [-0.39, 0.29) is 5.41 Å². The average Bonchev–Trinajstić information content (AvgIpc) is 3.34. The van der Waals surface area contributed by atoms with Crippen LogP contribution in [0, 0.1) is 11.3 Å². The molecular weight excluding hydrogens is 362 g/mol. The minimum absolute atomic E-state index is 0.186. The molecule has 154 valence electrons. The summed E-state index contributed by atoms with van der Waals surface area (Å²) in [7, 11) is 2.05. The lowest BCUT2D eigenvalue weighted by atomic mass is 9.70. The van der Waals surface area contributed by atoms with Gasteiger partial charge in [-0.25, -0.2) is 0 Å². The number of aromatic nitrogens is 3. The van der Waals surface area contributed by atoms with Crippen LogP contribution in [0.25, 0.3) is 0 Å². The molecule has 6 heteroatoms. The van der Waals surface area contributed by atoms with Crippen LogP contribution in [0.5, 0.6) is 0 Å². The first-order valence-corrected chi connectivity index (χ1v) is 11.0. The van der Waals surface area contributed by atoms with Gasteiger partial charge in [-0.1, -0.05) is 30.3 Å². The van der Waals surface area contributed by atoms with Crippen LogP contribution in [0.2, 0.25) is 0 Å². The number of aryl methyl sites for hydroxylation is 1. The minimum atomic E-state index is 0.186. The molecule has 1 atom stereocenters. The van der Waals surface area contributed by atoms with Crippen LogP contribution in [0.4, 0.5) is 0 Å². The van der Waals surface area contributed by atoms with E-state index in [0.29, 0.717) is 17.7 Å².